The number of rotatable bonds is 3. The zero-order valence-electron chi connectivity index (χ0n) is 19.8. The van der Waals surface area contributed by atoms with Crippen molar-refractivity contribution in [2.75, 3.05) is 5.32 Å². The highest BCUT2D eigenvalue weighted by Gasteiger charge is 2.38. The lowest BCUT2D eigenvalue weighted by atomic mass is 10.0. The first-order chi connectivity index (χ1) is 18.5. The summed E-state index contributed by atoms with van der Waals surface area (Å²) in [5.41, 5.74) is 8.37. The maximum absolute atomic E-state index is 12.6. The number of nitrogens with zero attached hydrogens (tertiary/aromatic N) is 1. The number of carboxylic acids is 2. The minimum atomic E-state index is -5.08. The summed E-state index contributed by atoms with van der Waals surface area (Å²) in [5.74, 6) is -5.66. The fourth-order valence-corrected chi connectivity index (χ4v) is 2.91. The van der Waals surface area contributed by atoms with Crippen molar-refractivity contribution in [2.45, 2.75) is 12.4 Å². The van der Waals surface area contributed by atoms with Crippen LogP contribution in [0, 0.1) is 5.41 Å². The molecule has 0 atom stereocenters. The van der Waals surface area contributed by atoms with Crippen LogP contribution in [0.4, 0.5) is 32.0 Å². The smallest absolute Gasteiger partial charge is 0.475 e. The van der Waals surface area contributed by atoms with E-state index in [0.717, 1.165) is 27.4 Å². The summed E-state index contributed by atoms with van der Waals surface area (Å²) in [6.45, 7) is 0. The molecule has 0 fully saturated rings. The van der Waals surface area contributed by atoms with Crippen molar-refractivity contribution < 1.29 is 50.9 Å². The second-order valence-corrected chi connectivity index (χ2v) is 7.66. The van der Waals surface area contributed by atoms with Crippen LogP contribution in [0.5, 0.6) is 0 Å². The maximum Gasteiger partial charge on any atom is 0.490 e. The van der Waals surface area contributed by atoms with Crippen LogP contribution >= 0.6 is 0 Å². The predicted octanol–water partition coefficient (Wildman–Crippen LogP) is 5.19. The van der Waals surface area contributed by atoms with Crippen molar-refractivity contribution in [3.8, 4) is 0 Å². The molecule has 1 heterocycles. The molecule has 6 N–H and O–H groups in total. The van der Waals surface area contributed by atoms with Gasteiger partial charge in [-0.2, -0.15) is 26.3 Å². The number of hydrogen-bond donors (Lipinski definition) is 5. The third-order valence-corrected chi connectivity index (χ3v) is 4.76. The van der Waals surface area contributed by atoms with E-state index in [9.17, 15) is 31.1 Å². The first kappa shape index (κ1) is 31.0. The topological polar surface area (TPSA) is 166 Å². The van der Waals surface area contributed by atoms with Crippen LogP contribution in [0.25, 0.3) is 21.7 Å². The molecule has 0 saturated heterocycles. The molecule has 0 bridgehead atoms. The van der Waals surface area contributed by atoms with Gasteiger partial charge in [0, 0.05) is 28.4 Å². The van der Waals surface area contributed by atoms with Crippen LogP contribution < -0.4 is 11.1 Å². The number of carboxylic acid groups (broad SMARTS) is 2. The summed E-state index contributed by atoms with van der Waals surface area (Å²) >= 11 is 0. The lowest BCUT2D eigenvalue weighted by Gasteiger charge is -2.08. The first-order valence-electron chi connectivity index (χ1n) is 10.6. The summed E-state index contributed by atoms with van der Waals surface area (Å²) in [6, 6.07) is 20.4. The Labute approximate surface area is 220 Å². The molecular weight excluding hydrogens is 550 g/mol. The molecule has 210 valence electrons. The molecule has 0 spiro atoms. The standard InChI is InChI=1S/C21H16N4O.2C2HF3O2/c22-20(23)16-5-3-14-11-17(6-4-13(14)10-16)21(26)25-18-7-8-19-15(12-18)2-1-9-24-19;2*3-2(4,5)1(6)7/h1-12H,(H3,22,23)(H,25,26);2*(H,6,7). The van der Waals surface area contributed by atoms with Gasteiger partial charge in [-0.05, 0) is 53.2 Å². The number of aromatic nitrogens is 1. The Bertz CT molecular complexity index is 1550. The van der Waals surface area contributed by atoms with Crippen LogP contribution in [-0.2, 0) is 9.59 Å². The van der Waals surface area contributed by atoms with Crippen LogP contribution in [-0.4, -0.2) is 51.2 Å². The van der Waals surface area contributed by atoms with Gasteiger partial charge in [0.1, 0.15) is 5.84 Å². The molecule has 0 radical (unpaired) electrons. The molecule has 9 nitrogen and oxygen atoms in total. The fraction of sp³-hybridized carbons (Fsp3) is 0.0800. The van der Waals surface area contributed by atoms with Crippen LogP contribution in [0.1, 0.15) is 15.9 Å². The third kappa shape index (κ3) is 8.97. The van der Waals surface area contributed by atoms with Crippen molar-refractivity contribution in [3.63, 3.8) is 0 Å². The number of amidine groups is 1. The van der Waals surface area contributed by atoms with Crippen molar-refractivity contribution in [2.24, 2.45) is 5.73 Å². The number of aliphatic carboxylic acids is 2. The number of alkyl halides is 6. The van der Waals surface area contributed by atoms with Gasteiger partial charge in [-0.25, -0.2) is 9.59 Å². The van der Waals surface area contributed by atoms with E-state index in [1.165, 1.54) is 0 Å². The number of pyridine rings is 1. The van der Waals surface area contributed by atoms with Crippen molar-refractivity contribution >= 4 is 51.0 Å². The number of carbonyl (C=O) groups excluding carboxylic acids is 1. The minimum Gasteiger partial charge on any atom is -0.475 e. The Hall–Kier alpha value is -5.21. The second-order valence-electron chi connectivity index (χ2n) is 7.66. The Balaban J connectivity index is 0.000000333. The summed E-state index contributed by atoms with van der Waals surface area (Å²) in [7, 11) is 0. The fourth-order valence-electron chi connectivity index (χ4n) is 2.91. The molecule has 1 aromatic heterocycles. The molecule has 15 heteroatoms. The van der Waals surface area contributed by atoms with E-state index in [1.807, 2.05) is 54.6 Å². The van der Waals surface area contributed by atoms with Gasteiger partial charge in [0.25, 0.3) is 5.91 Å². The molecule has 3 aromatic carbocycles. The van der Waals surface area contributed by atoms with E-state index in [-0.39, 0.29) is 11.7 Å². The number of halogens is 6. The quantitative estimate of drug-likeness (QED) is 0.129. The van der Waals surface area contributed by atoms with Gasteiger partial charge in [-0.3, -0.25) is 15.2 Å². The molecule has 0 aliphatic heterocycles. The molecule has 4 aromatic rings. The zero-order valence-corrected chi connectivity index (χ0v) is 19.8. The van der Waals surface area contributed by atoms with Gasteiger partial charge in [0.05, 0.1) is 5.52 Å². The number of nitrogen functional groups attached to an aromatic ring is 1. The van der Waals surface area contributed by atoms with Gasteiger partial charge in [-0.1, -0.05) is 24.3 Å². The van der Waals surface area contributed by atoms with E-state index in [1.54, 1.807) is 18.3 Å². The Morgan fingerprint density at radius 3 is 1.75 bits per heavy atom. The number of benzene rings is 3. The van der Waals surface area contributed by atoms with Crippen molar-refractivity contribution in [1.29, 1.82) is 5.41 Å². The molecule has 0 unspecified atom stereocenters. The minimum absolute atomic E-state index is 0.0273. The molecule has 4 rings (SSSR count). The van der Waals surface area contributed by atoms with E-state index >= 15 is 0 Å². The number of nitrogens with two attached hydrogens (primary N) is 1. The summed E-state index contributed by atoms with van der Waals surface area (Å²) in [5, 5.41) is 27.5. The van der Waals surface area contributed by atoms with Crippen LogP contribution in [0.3, 0.4) is 0 Å². The molecular formula is C25H18F6N4O5. The molecule has 0 saturated carbocycles. The Morgan fingerprint density at radius 1 is 0.750 bits per heavy atom. The third-order valence-electron chi connectivity index (χ3n) is 4.76. The van der Waals surface area contributed by atoms with E-state index in [2.05, 4.69) is 10.3 Å². The van der Waals surface area contributed by atoms with Crippen LogP contribution in [0.15, 0.2) is 72.9 Å². The van der Waals surface area contributed by atoms with Gasteiger partial charge in [-0.15, -0.1) is 0 Å². The Kier molecular flexibility index (Phi) is 9.73. The number of amides is 1. The molecule has 40 heavy (non-hydrogen) atoms. The average Bonchev–Trinajstić information content (AvgIpc) is 2.87. The highest BCUT2D eigenvalue weighted by Crippen LogP contribution is 2.21. The maximum atomic E-state index is 12.6. The summed E-state index contributed by atoms with van der Waals surface area (Å²) in [4.78, 5) is 34.7. The first-order valence-corrected chi connectivity index (χ1v) is 10.6. The highest BCUT2D eigenvalue weighted by atomic mass is 19.4. The number of nitrogens with one attached hydrogen (secondary N) is 2. The van der Waals surface area contributed by atoms with Gasteiger partial charge >= 0.3 is 24.3 Å². The number of anilines is 1. The van der Waals surface area contributed by atoms with E-state index < -0.39 is 24.3 Å². The summed E-state index contributed by atoms with van der Waals surface area (Å²) in [6.07, 6.45) is -8.42. The lowest BCUT2D eigenvalue weighted by molar-refractivity contribution is -0.193. The van der Waals surface area contributed by atoms with Crippen molar-refractivity contribution in [1.82, 2.24) is 4.98 Å². The van der Waals surface area contributed by atoms with E-state index in [0.29, 0.717) is 11.1 Å². The monoisotopic (exact) mass is 568 g/mol. The largest absolute Gasteiger partial charge is 0.490 e. The molecule has 0 aliphatic carbocycles. The predicted molar refractivity (Wildman–Crippen MR) is 132 cm³/mol. The van der Waals surface area contributed by atoms with Crippen molar-refractivity contribution in [3.05, 3.63) is 84.1 Å². The van der Waals surface area contributed by atoms with Gasteiger partial charge < -0.3 is 21.3 Å². The molecule has 0 aliphatic rings. The SMILES string of the molecule is N=C(N)c1ccc2cc(C(=O)Nc3ccc4ncccc4c3)ccc2c1.O=C(O)C(F)(F)F.O=C(O)C(F)(F)F. The average molecular weight is 568 g/mol. The number of carbonyl (C=O) groups is 3. The van der Waals surface area contributed by atoms with Crippen LogP contribution in [0.2, 0.25) is 0 Å². The summed E-state index contributed by atoms with van der Waals surface area (Å²) < 4.78 is 63.5. The van der Waals surface area contributed by atoms with Gasteiger partial charge in [0.2, 0.25) is 0 Å². The van der Waals surface area contributed by atoms with Gasteiger partial charge in [0.15, 0.2) is 0 Å². The number of fused-ring (bicyclic) bond motifs is 2. The second kappa shape index (κ2) is 12.6. The zero-order chi connectivity index (χ0) is 30.3. The normalized spacial score (nSPS) is 10.9. The van der Waals surface area contributed by atoms with E-state index in [4.69, 9.17) is 30.9 Å². The lowest BCUT2D eigenvalue weighted by Crippen LogP contribution is -2.21. The highest BCUT2D eigenvalue weighted by molar-refractivity contribution is 6.07. The molecule has 1 amide bonds. The number of hydrogen-bond acceptors (Lipinski definition) is 5. The Morgan fingerprint density at radius 2 is 1.25 bits per heavy atom.